The van der Waals surface area contributed by atoms with Gasteiger partial charge in [-0.1, -0.05) is 12.8 Å². The molecule has 7 nitrogen and oxygen atoms in total. The molecule has 1 saturated heterocycles. The van der Waals surface area contributed by atoms with Crippen molar-refractivity contribution in [3.8, 4) is 0 Å². The molecule has 0 aromatic carbocycles. The molecule has 0 spiro atoms. The number of carbonyl (C=O) groups is 1. The minimum absolute atomic E-state index is 0.123. The Labute approximate surface area is 151 Å². The van der Waals surface area contributed by atoms with Crippen LogP contribution in [0.1, 0.15) is 51.4 Å². The molecule has 0 amide bonds. The Morgan fingerprint density at radius 1 is 1.16 bits per heavy atom. The average molecular weight is 357 g/mol. The highest BCUT2D eigenvalue weighted by atomic mass is 16.5. The van der Waals surface area contributed by atoms with Crippen molar-refractivity contribution in [1.29, 1.82) is 0 Å². The highest BCUT2D eigenvalue weighted by molar-refractivity contribution is 5.79. The van der Waals surface area contributed by atoms with Crippen molar-refractivity contribution in [2.75, 3.05) is 47.1 Å². The van der Waals surface area contributed by atoms with Gasteiger partial charge < -0.3 is 24.8 Å². The van der Waals surface area contributed by atoms with Crippen molar-refractivity contribution in [1.82, 2.24) is 10.6 Å². The topological polar surface area (TPSA) is 81.2 Å². The number of hydrogen-bond donors (Lipinski definition) is 2. The number of nitrogens with zero attached hydrogens (tertiary/aromatic N) is 1. The Balaban J connectivity index is 1.88. The maximum atomic E-state index is 11.0. The number of ether oxygens (including phenoxy) is 3. The highest BCUT2D eigenvalue weighted by Gasteiger charge is 2.14. The Morgan fingerprint density at radius 2 is 1.92 bits per heavy atom. The van der Waals surface area contributed by atoms with Gasteiger partial charge >= 0.3 is 5.97 Å². The molecule has 0 saturated carbocycles. The molecule has 1 unspecified atom stereocenters. The third kappa shape index (κ3) is 11.8. The molecule has 0 radical (unpaired) electrons. The molecular formula is C18H35N3O4. The molecular weight excluding hydrogens is 322 g/mol. The van der Waals surface area contributed by atoms with Crippen molar-refractivity contribution in [2.24, 2.45) is 4.99 Å². The van der Waals surface area contributed by atoms with E-state index in [0.29, 0.717) is 19.1 Å². The monoisotopic (exact) mass is 357 g/mol. The third-order valence-electron chi connectivity index (χ3n) is 4.14. The minimum Gasteiger partial charge on any atom is -0.469 e. The maximum absolute atomic E-state index is 11.0. The molecule has 0 bridgehead atoms. The molecule has 0 aromatic heterocycles. The maximum Gasteiger partial charge on any atom is 0.305 e. The number of unbranched alkanes of at least 4 members (excludes halogenated alkanes) is 3. The summed E-state index contributed by atoms with van der Waals surface area (Å²) < 4.78 is 15.8. The minimum atomic E-state index is -0.123. The van der Waals surface area contributed by atoms with Crippen LogP contribution in [0.3, 0.4) is 0 Å². The number of methoxy groups -OCH3 is 1. The fourth-order valence-electron chi connectivity index (χ4n) is 2.65. The summed E-state index contributed by atoms with van der Waals surface area (Å²) in [7, 11) is 3.21. The first kappa shape index (κ1) is 21.7. The lowest BCUT2D eigenvalue weighted by atomic mass is 10.1. The van der Waals surface area contributed by atoms with Crippen LogP contribution < -0.4 is 10.6 Å². The van der Waals surface area contributed by atoms with Crippen LogP contribution in [0.2, 0.25) is 0 Å². The average Bonchev–Trinajstić information content (AvgIpc) is 3.15. The van der Waals surface area contributed by atoms with Gasteiger partial charge in [-0.15, -0.1) is 0 Å². The van der Waals surface area contributed by atoms with Gasteiger partial charge in [0.2, 0.25) is 0 Å². The second-order valence-corrected chi connectivity index (χ2v) is 6.23. The number of esters is 1. The van der Waals surface area contributed by atoms with Gasteiger partial charge in [-0.25, -0.2) is 0 Å². The van der Waals surface area contributed by atoms with E-state index >= 15 is 0 Å². The van der Waals surface area contributed by atoms with E-state index < -0.39 is 0 Å². The molecule has 1 rings (SSSR count). The molecule has 1 aliphatic heterocycles. The van der Waals surface area contributed by atoms with Crippen molar-refractivity contribution in [3.63, 3.8) is 0 Å². The van der Waals surface area contributed by atoms with Crippen molar-refractivity contribution < 1.29 is 19.0 Å². The van der Waals surface area contributed by atoms with Gasteiger partial charge in [0.1, 0.15) is 0 Å². The van der Waals surface area contributed by atoms with Crippen LogP contribution >= 0.6 is 0 Å². The van der Waals surface area contributed by atoms with Crippen LogP contribution in [0.15, 0.2) is 4.99 Å². The van der Waals surface area contributed by atoms with Gasteiger partial charge in [0, 0.05) is 39.8 Å². The molecule has 0 aliphatic carbocycles. The zero-order chi connectivity index (χ0) is 18.2. The molecule has 0 aromatic rings. The summed E-state index contributed by atoms with van der Waals surface area (Å²) in [6, 6.07) is 0. The Hall–Kier alpha value is -1.34. The molecule has 2 N–H and O–H groups in total. The zero-order valence-electron chi connectivity index (χ0n) is 15.8. The number of hydrogen-bond acceptors (Lipinski definition) is 5. The number of carbonyl (C=O) groups excluding carboxylic acids is 1. The highest BCUT2D eigenvalue weighted by Crippen LogP contribution is 2.11. The standard InChI is InChI=1S/C18H35N3O4/c1-19-18(20-11-6-4-3-5-10-17(22)23-2)21-12-8-13-24-15-16-9-7-14-25-16/h16H,3-15H2,1-2H3,(H2,19,20,21). The summed E-state index contributed by atoms with van der Waals surface area (Å²) in [6.07, 6.45) is 8.14. The van der Waals surface area contributed by atoms with Crippen LogP contribution in [0, 0.1) is 0 Å². The van der Waals surface area contributed by atoms with Crippen LogP contribution in [0.4, 0.5) is 0 Å². The summed E-state index contributed by atoms with van der Waals surface area (Å²) in [4.78, 5) is 15.2. The van der Waals surface area contributed by atoms with Gasteiger partial charge in [-0.2, -0.15) is 0 Å². The first-order valence-electron chi connectivity index (χ1n) is 9.47. The first-order chi connectivity index (χ1) is 12.3. The van der Waals surface area contributed by atoms with E-state index in [1.165, 1.54) is 7.11 Å². The summed E-state index contributed by atoms with van der Waals surface area (Å²) in [5.74, 6) is 0.705. The lowest BCUT2D eigenvalue weighted by Crippen LogP contribution is -2.38. The lowest BCUT2D eigenvalue weighted by Gasteiger charge is -2.13. The fourth-order valence-corrected chi connectivity index (χ4v) is 2.65. The van der Waals surface area contributed by atoms with E-state index in [1.807, 2.05) is 0 Å². The second-order valence-electron chi connectivity index (χ2n) is 6.23. The summed E-state index contributed by atoms with van der Waals surface area (Å²) >= 11 is 0. The molecule has 1 aliphatic rings. The summed E-state index contributed by atoms with van der Waals surface area (Å²) in [5.41, 5.74) is 0. The largest absolute Gasteiger partial charge is 0.469 e. The van der Waals surface area contributed by atoms with Gasteiger partial charge in [0.15, 0.2) is 5.96 Å². The molecule has 1 fully saturated rings. The van der Waals surface area contributed by atoms with Crippen molar-refractivity contribution >= 4 is 11.9 Å². The quantitative estimate of drug-likeness (QED) is 0.227. The number of aliphatic imine (C=N–C) groups is 1. The smallest absolute Gasteiger partial charge is 0.305 e. The zero-order valence-corrected chi connectivity index (χ0v) is 15.8. The number of guanidine groups is 1. The lowest BCUT2D eigenvalue weighted by molar-refractivity contribution is -0.140. The van der Waals surface area contributed by atoms with E-state index in [2.05, 4.69) is 20.4 Å². The third-order valence-corrected chi connectivity index (χ3v) is 4.14. The van der Waals surface area contributed by atoms with Crippen LogP contribution in [0.25, 0.3) is 0 Å². The predicted octanol–water partition coefficient (Wildman–Crippen LogP) is 1.86. The molecule has 7 heteroatoms. The second kappa shape index (κ2) is 15.0. The van der Waals surface area contributed by atoms with Gasteiger partial charge in [0.25, 0.3) is 0 Å². The van der Waals surface area contributed by atoms with E-state index in [-0.39, 0.29) is 5.97 Å². The van der Waals surface area contributed by atoms with Crippen molar-refractivity contribution in [3.05, 3.63) is 0 Å². The molecule has 1 heterocycles. The van der Waals surface area contributed by atoms with Gasteiger partial charge in [0.05, 0.1) is 19.8 Å². The van der Waals surface area contributed by atoms with Crippen LogP contribution in [0.5, 0.6) is 0 Å². The first-order valence-corrected chi connectivity index (χ1v) is 9.47. The predicted molar refractivity (Wildman–Crippen MR) is 98.9 cm³/mol. The summed E-state index contributed by atoms with van der Waals surface area (Å²) in [6.45, 7) is 4.05. The summed E-state index contributed by atoms with van der Waals surface area (Å²) in [5, 5.41) is 6.59. The molecule has 25 heavy (non-hydrogen) atoms. The normalized spacial score (nSPS) is 17.5. The van der Waals surface area contributed by atoms with Crippen LogP contribution in [-0.2, 0) is 19.0 Å². The van der Waals surface area contributed by atoms with E-state index in [0.717, 1.165) is 77.2 Å². The van der Waals surface area contributed by atoms with E-state index in [4.69, 9.17) is 9.47 Å². The SMILES string of the molecule is CN=C(NCCCCCCC(=O)OC)NCCCOCC1CCCO1. The van der Waals surface area contributed by atoms with Gasteiger partial charge in [-0.3, -0.25) is 9.79 Å². The van der Waals surface area contributed by atoms with Crippen molar-refractivity contribution in [2.45, 2.75) is 57.5 Å². The van der Waals surface area contributed by atoms with Crippen LogP contribution in [-0.4, -0.2) is 65.1 Å². The fraction of sp³-hybridized carbons (Fsp3) is 0.889. The van der Waals surface area contributed by atoms with Gasteiger partial charge in [-0.05, 0) is 32.1 Å². The Morgan fingerprint density at radius 3 is 2.60 bits per heavy atom. The van der Waals surface area contributed by atoms with E-state index in [1.54, 1.807) is 7.05 Å². The van der Waals surface area contributed by atoms with E-state index in [9.17, 15) is 4.79 Å². The molecule has 146 valence electrons. The molecule has 1 atom stereocenters. The number of rotatable bonds is 13. The Kier molecular flexibility index (Phi) is 13.0. The number of nitrogens with one attached hydrogen (secondary N) is 2. The Bertz CT molecular complexity index is 371.